The zero-order chi connectivity index (χ0) is 29.0. The van der Waals surface area contributed by atoms with Gasteiger partial charge in [0.25, 0.3) is 0 Å². The Bertz CT molecular complexity index is 783. The Morgan fingerprint density at radius 3 is 2.23 bits per heavy atom. The molecule has 228 valence electrons. The van der Waals surface area contributed by atoms with Gasteiger partial charge in [-0.05, 0) is 57.0 Å². The van der Waals surface area contributed by atoms with Crippen LogP contribution >= 0.6 is 0 Å². The molecule has 0 spiro atoms. The molecule has 0 aromatic carbocycles. The van der Waals surface area contributed by atoms with Gasteiger partial charge >= 0.3 is 0 Å². The van der Waals surface area contributed by atoms with Gasteiger partial charge in [0.05, 0.1) is 36.5 Å². The van der Waals surface area contributed by atoms with Gasteiger partial charge in [-0.25, -0.2) is 0 Å². The normalized spacial score (nSPS) is 46.0. The lowest BCUT2D eigenvalue weighted by Gasteiger charge is -2.51. The molecule has 3 saturated carbocycles. The lowest BCUT2D eigenvalue weighted by molar-refractivity contribution is -0.221. The van der Waals surface area contributed by atoms with Crippen molar-refractivity contribution in [1.82, 2.24) is 5.32 Å². The molecule has 3 aliphatic carbocycles. The zero-order valence-electron chi connectivity index (χ0n) is 22.7. The van der Waals surface area contributed by atoms with Crippen LogP contribution in [0.4, 0.5) is 0 Å². The molecule has 0 bridgehead atoms. The molecule has 1 amide bonds. The third-order valence-electron chi connectivity index (χ3n) is 9.00. The standard InChI is InChI=1S/C25H50N6O8/c1-10-17(29)23(38-15-6-11(8-27)2-3-13(15)28)22(36)24(19(10)31-25(37)14(33)4-5-26)39-16-7-12(9-32)20(34)18(30)21(16)35/h10-24,32-36H,2-9,26-30H2,1H3,(H,31,37). The fourth-order valence-electron chi connectivity index (χ4n) is 6.23. The van der Waals surface area contributed by atoms with Crippen LogP contribution in [0, 0.1) is 17.8 Å². The lowest BCUT2D eigenvalue weighted by atomic mass is 9.75. The Hall–Kier alpha value is -1.01. The van der Waals surface area contributed by atoms with Crippen molar-refractivity contribution in [2.45, 2.75) is 112 Å². The topological polar surface area (TPSA) is 279 Å². The Labute approximate surface area is 229 Å². The maximum absolute atomic E-state index is 12.8. The molecule has 0 saturated heterocycles. The van der Waals surface area contributed by atoms with E-state index in [0.29, 0.717) is 13.0 Å². The number of carbonyl (C=O) groups excluding carboxylic acids is 1. The summed E-state index contributed by atoms with van der Waals surface area (Å²) in [6.07, 6.45) is -6.31. The SMILES string of the molecule is CC1C(N)C(OC2CC(CN)CCC2N)C(O)C(OC2CC(CO)C(O)C(N)C2O)C1NC(=O)C(O)CCN. The van der Waals surface area contributed by atoms with Crippen molar-refractivity contribution < 1.29 is 39.8 Å². The predicted octanol–water partition coefficient (Wildman–Crippen LogP) is -4.83. The van der Waals surface area contributed by atoms with Crippen molar-refractivity contribution in [3.05, 3.63) is 0 Å². The molecule has 0 heterocycles. The zero-order valence-corrected chi connectivity index (χ0v) is 22.7. The van der Waals surface area contributed by atoms with Gasteiger partial charge in [-0.15, -0.1) is 0 Å². The Kier molecular flexibility index (Phi) is 11.9. The average Bonchev–Trinajstić information content (AvgIpc) is 2.92. The summed E-state index contributed by atoms with van der Waals surface area (Å²) in [6.45, 7) is 1.98. The second kappa shape index (κ2) is 14.2. The van der Waals surface area contributed by atoms with E-state index in [0.717, 1.165) is 12.8 Å². The van der Waals surface area contributed by atoms with Crippen LogP contribution in [0.15, 0.2) is 0 Å². The van der Waals surface area contributed by atoms with Crippen molar-refractivity contribution in [3.63, 3.8) is 0 Å². The molecule has 0 aromatic heterocycles. The van der Waals surface area contributed by atoms with Gasteiger partial charge in [-0.1, -0.05) is 6.92 Å². The van der Waals surface area contributed by atoms with Crippen molar-refractivity contribution >= 4 is 5.91 Å². The smallest absolute Gasteiger partial charge is 0.249 e. The molecule has 3 fully saturated rings. The molecular weight excluding hydrogens is 512 g/mol. The number of hydrogen-bond donors (Lipinski definition) is 11. The Morgan fingerprint density at radius 2 is 1.62 bits per heavy atom. The predicted molar refractivity (Wildman–Crippen MR) is 142 cm³/mol. The van der Waals surface area contributed by atoms with Crippen LogP contribution in [0.3, 0.4) is 0 Å². The molecular formula is C25H50N6O8. The largest absolute Gasteiger partial charge is 0.396 e. The van der Waals surface area contributed by atoms with Crippen LogP contribution in [0.1, 0.15) is 39.0 Å². The molecule has 15 atom stereocenters. The summed E-state index contributed by atoms with van der Waals surface area (Å²) in [5, 5.41) is 55.4. The number of hydrogen-bond acceptors (Lipinski definition) is 13. The second-order valence-electron chi connectivity index (χ2n) is 11.6. The first-order valence-corrected chi connectivity index (χ1v) is 14.1. The molecule has 0 aromatic rings. The minimum atomic E-state index is -1.37. The van der Waals surface area contributed by atoms with Crippen LogP contribution < -0.4 is 34.0 Å². The summed E-state index contributed by atoms with van der Waals surface area (Å²) in [5.74, 6) is -1.63. The van der Waals surface area contributed by atoms with Gasteiger partial charge in [-0.3, -0.25) is 4.79 Å². The van der Waals surface area contributed by atoms with E-state index in [9.17, 15) is 30.3 Å². The van der Waals surface area contributed by atoms with E-state index in [1.54, 1.807) is 6.92 Å². The first kappa shape index (κ1) is 32.5. The van der Waals surface area contributed by atoms with Crippen LogP contribution in [0.25, 0.3) is 0 Å². The third-order valence-corrected chi connectivity index (χ3v) is 9.00. The lowest BCUT2D eigenvalue weighted by Crippen LogP contribution is -2.71. The van der Waals surface area contributed by atoms with Gasteiger partial charge in [0.15, 0.2) is 0 Å². The summed E-state index contributed by atoms with van der Waals surface area (Å²) in [7, 11) is 0. The van der Waals surface area contributed by atoms with E-state index >= 15 is 0 Å². The summed E-state index contributed by atoms with van der Waals surface area (Å²) in [6, 6.07) is -2.99. The number of aliphatic hydroxyl groups is 5. The summed E-state index contributed by atoms with van der Waals surface area (Å²) in [5.41, 5.74) is 30.3. The molecule has 3 rings (SSSR count). The molecule has 0 aliphatic heterocycles. The molecule has 14 heteroatoms. The van der Waals surface area contributed by atoms with Gasteiger partial charge < -0.3 is 69.0 Å². The molecule has 15 unspecified atom stereocenters. The molecule has 0 radical (unpaired) electrons. The highest BCUT2D eigenvalue weighted by Gasteiger charge is 2.53. The third kappa shape index (κ3) is 7.26. The monoisotopic (exact) mass is 562 g/mol. The highest BCUT2D eigenvalue weighted by atomic mass is 16.5. The second-order valence-corrected chi connectivity index (χ2v) is 11.6. The van der Waals surface area contributed by atoms with E-state index in [1.807, 2.05) is 0 Å². The highest BCUT2D eigenvalue weighted by Crippen LogP contribution is 2.36. The van der Waals surface area contributed by atoms with Crippen LogP contribution in [0.2, 0.25) is 0 Å². The summed E-state index contributed by atoms with van der Waals surface area (Å²) < 4.78 is 12.6. The number of nitrogens with one attached hydrogen (secondary N) is 1. The number of amides is 1. The first-order valence-electron chi connectivity index (χ1n) is 14.1. The van der Waals surface area contributed by atoms with Crippen LogP contribution in [-0.2, 0) is 14.3 Å². The van der Waals surface area contributed by atoms with Gasteiger partial charge in [0, 0.05) is 24.6 Å². The molecule has 14 nitrogen and oxygen atoms in total. The minimum Gasteiger partial charge on any atom is -0.396 e. The maximum Gasteiger partial charge on any atom is 0.249 e. The summed E-state index contributed by atoms with van der Waals surface area (Å²) in [4.78, 5) is 12.8. The van der Waals surface area contributed by atoms with Gasteiger partial charge in [0.2, 0.25) is 5.91 Å². The van der Waals surface area contributed by atoms with E-state index in [-0.39, 0.29) is 38.0 Å². The number of nitrogens with two attached hydrogens (primary N) is 5. The fourth-order valence-corrected chi connectivity index (χ4v) is 6.23. The van der Waals surface area contributed by atoms with E-state index in [1.165, 1.54) is 0 Å². The van der Waals surface area contributed by atoms with Crippen molar-refractivity contribution in [3.8, 4) is 0 Å². The maximum atomic E-state index is 12.8. The summed E-state index contributed by atoms with van der Waals surface area (Å²) >= 11 is 0. The Balaban J connectivity index is 1.88. The van der Waals surface area contributed by atoms with Crippen molar-refractivity contribution in [2.24, 2.45) is 46.4 Å². The minimum absolute atomic E-state index is 0.0347. The van der Waals surface area contributed by atoms with Crippen molar-refractivity contribution in [1.29, 1.82) is 0 Å². The average molecular weight is 563 g/mol. The number of rotatable bonds is 10. The molecule has 16 N–H and O–H groups in total. The number of aliphatic hydroxyl groups excluding tert-OH is 5. The number of carbonyl (C=O) groups is 1. The fraction of sp³-hybridized carbons (Fsp3) is 0.960. The Morgan fingerprint density at radius 1 is 0.949 bits per heavy atom. The number of ether oxygens (including phenoxy) is 2. The van der Waals surface area contributed by atoms with Crippen molar-refractivity contribution in [2.75, 3.05) is 19.7 Å². The highest BCUT2D eigenvalue weighted by molar-refractivity contribution is 5.80. The first-order chi connectivity index (χ1) is 18.4. The molecule has 3 aliphatic rings. The van der Waals surface area contributed by atoms with Gasteiger partial charge in [-0.2, -0.15) is 0 Å². The van der Waals surface area contributed by atoms with Crippen LogP contribution in [-0.4, -0.2) is 124 Å². The molecule has 39 heavy (non-hydrogen) atoms. The van der Waals surface area contributed by atoms with Gasteiger partial charge in [0.1, 0.15) is 24.4 Å². The van der Waals surface area contributed by atoms with Crippen LogP contribution in [0.5, 0.6) is 0 Å². The van der Waals surface area contributed by atoms with E-state index < -0.39 is 84.7 Å². The van der Waals surface area contributed by atoms with E-state index in [4.69, 9.17) is 38.1 Å². The van der Waals surface area contributed by atoms with E-state index in [2.05, 4.69) is 5.32 Å². The quantitative estimate of drug-likeness (QED) is 0.119.